The maximum atomic E-state index is 12.6. The van der Waals surface area contributed by atoms with Crippen LogP contribution >= 0.6 is 0 Å². The molecule has 1 aromatic heterocycles. The molecule has 1 amide bonds. The molecular formula is C18H21N3O4. The molecule has 1 atom stereocenters. The van der Waals surface area contributed by atoms with Crippen LogP contribution in [0.1, 0.15) is 49.4 Å². The summed E-state index contributed by atoms with van der Waals surface area (Å²) in [5.74, 6) is 2.85. The van der Waals surface area contributed by atoms with Crippen molar-refractivity contribution in [3.05, 3.63) is 36.0 Å². The van der Waals surface area contributed by atoms with E-state index in [4.69, 9.17) is 14.0 Å². The highest BCUT2D eigenvalue weighted by molar-refractivity contribution is 5.78. The molecule has 2 aliphatic rings. The van der Waals surface area contributed by atoms with Crippen LogP contribution in [0.2, 0.25) is 0 Å². The van der Waals surface area contributed by atoms with E-state index in [-0.39, 0.29) is 18.6 Å². The van der Waals surface area contributed by atoms with Gasteiger partial charge in [0.25, 0.3) is 5.91 Å². The Morgan fingerprint density at radius 3 is 2.84 bits per heavy atom. The summed E-state index contributed by atoms with van der Waals surface area (Å²) in [6.45, 7) is 0.639. The molecule has 1 unspecified atom stereocenters. The van der Waals surface area contributed by atoms with Crippen LogP contribution in [0.5, 0.6) is 11.5 Å². The molecule has 1 aromatic carbocycles. The first kappa shape index (κ1) is 15.9. The van der Waals surface area contributed by atoms with E-state index in [0.29, 0.717) is 29.9 Å². The van der Waals surface area contributed by atoms with Gasteiger partial charge in [-0.05, 0) is 37.8 Å². The highest BCUT2D eigenvalue weighted by Gasteiger charge is 2.36. The molecule has 132 valence electrons. The first-order chi connectivity index (χ1) is 12.3. The number of carbonyl (C=O) groups is 1. The molecular weight excluding hydrogens is 322 g/mol. The lowest BCUT2D eigenvalue weighted by Crippen LogP contribution is -2.34. The number of hydrogen-bond donors (Lipinski definition) is 0. The standard InChI is InChI=1S/C18H21N3O4/c1-23-14-6-2-3-7-15(14)24-11-16(22)21-10-4-5-13(21)18-19-17(20-25-18)12-8-9-12/h2-3,6-7,12-13H,4-5,8-11H2,1H3. The number of carbonyl (C=O) groups excluding carboxylic acids is 1. The Morgan fingerprint density at radius 2 is 2.08 bits per heavy atom. The molecule has 4 rings (SSSR count). The minimum absolute atomic E-state index is 0.0412. The second kappa shape index (κ2) is 6.74. The number of aromatic nitrogens is 2. The van der Waals surface area contributed by atoms with Crippen LogP contribution in [-0.4, -0.2) is 41.2 Å². The number of amides is 1. The second-order valence-corrected chi connectivity index (χ2v) is 6.45. The number of methoxy groups -OCH3 is 1. The summed E-state index contributed by atoms with van der Waals surface area (Å²) in [7, 11) is 1.58. The van der Waals surface area contributed by atoms with Crippen molar-refractivity contribution < 1.29 is 18.8 Å². The lowest BCUT2D eigenvalue weighted by Gasteiger charge is -2.22. The summed E-state index contributed by atoms with van der Waals surface area (Å²) < 4.78 is 16.3. The van der Waals surface area contributed by atoms with Crippen molar-refractivity contribution in [3.8, 4) is 11.5 Å². The number of para-hydroxylation sites is 2. The van der Waals surface area contributed by atoms with Gasteiger partial charge in [-0.2, -0.15) is 4.98 Å². The van der Waals surface area contributed by atoms with Crippen LogP contribution < -0.4 is 9.47 Å². The van der Waals surface area contributed by atoms with Crippen molar-refractivity contribution in [2.45, 2.75) is 37.6 Å². The zero-order valence-electron chi connectivity index (χ0n) is 14.2. The van der Waals surface area contributed by atoms with Crippen LogP contribution in [0.3, 0.4) is 0 Å². The highest BCUT2D eigenvalue weighted by Crippen LogP contribution is 2.39. The van der Waals surface area contributed by atoms with E-state index in [2.05, 4.69) is 10.1 Å². The molecule has 0 radical (unpaired) electrons. The van der Waals surface area contributed by atoms with E-state index in [0.717, 1.165) is 31.5 Å². The highest BCUT2D eigenvalue weighted by atomic mass is 16.5. The van der Waals surface area contributed by atoms with Gasteiger partial charge < -0.3 is 18.9 Å². The van der Waals surface area contributed by atoms with Crippen molar-refractivity contribution in [2.75, 3.05) is 20.3 Å². The Hall–Kier alpha value is -2.57. The third-order valence-corrected chi connectivity index (χ3v) is 4.68. The van der Waals surface area contributed by atoms with E-state index < -0.39 is 0 Å². The summed E-state index contributed by atoms with van der Waals surface area (Å²) in [5, 5.41) is 4.06. The third kappa shape index (κ3) is 3.31. The molecule has 0 N–H and O–H groups in total. The minimum atomic E-state index is -0.145. The van der Waals surface area contributed by atoms with E-state index >= 15 is 0 Å². The van der Waals surface area contributed by atoms with Crippen LogP contribution in [0, 0.1) is 0 Å². The van der Waals surface area contributed by atoms with Crippen LogP contribution in [-0.2, 0) is 4.79 Å². The Labute approximate surface area is 145 Å². The molecule has 25 heavy (non-hydrogen) atoms. The molecule has 7 heteroatoms. The maximum Gasteiger partial charge on any atom is 0.261 e. The lowest BCUT2D eigenvalue weighted by molar-refractivity contribution is -0.134. The van der Waals surface area contributed by atoms with Gasteiger partial charge in [0, 0.05) is 12.5 Å². The second-order valence-electron chi connectivity index (χ2n) is 6.45. The van der Waals surface area contributed by atoms with Gasteiger partial charge in [0.05, 0.1) is 7.11 Å². The number of nitrogens with zero attached hydrogens (tertiary/aromatic N) is 3. The topological polar surface area (TPSA) is 77.7 Å². The number of benzene rings is 1. The average Bonchev–Trinajstić information content (AvgIpc) is 3.18. The predicted molar refractivity (Wildman–Crippen MR) is 88.5 cm³/mol. The molecule has 1 saturated heterocycles. The fourth-order valence-electron chi connectivity index (χ4n) is 3.17. The maximum absolute atomic E-state index is 12.6. The van der Waals surface area contributed by atoms with E-state index in [1.165, 1.54) is 0 Å². The summed E-state index contributed by atoms with van der Waals surface area (Å²) in [4.78, 5) is 18.9. The number of rotatable bonds is 6. The Balaban J connectivity index is 1.41. The van der Waals surface area contributed by atoms with Gasteiger partial charge in [-0.15, -0.1) is 0 Å². The Bertz CT molecular complexity index is 756. The Kier molecular flexibility index (Phi) is 4.29. The summed E-state index contributed by atoms with van der Waals surface area (Å²) in [5.41, 5.74) is 0. The van der Waals surface area contributed by atoms with Gasteiger partial charge in [-0.25, -0.2) is 0 Å². The van der Waals surface area contributed by atoms with Gasteiger partial charge >= 0.3 is 0 Å². The fourth-order valence-corrected chi connectivity index (χ4v) is 3.17. The molecule has 7 nitrogen and oxygen atoms in total. The summed E-state index contributed by atoms with van der Waals surface area (Å²) in [6, 6.07) is 7.15. The molecule has 0 spiro atoms. The first-order valence-electron chi connectivity index (χ1n) is 8.65. The van der Waals surface area contributed by atoms with Crippen LogP contribution in [0.25, 0.3) is 0 Å². The van der Waals surface area contributed by atoms with Crippen molar-refractivity contribution >= 4 is 5.91 Å². The zero-order valence-corrected chi connectivity index (χ0v) is 14.2. The molecule has 0 bridgehead atoms. The molecule has 2 aromatic rings. The smallest absolute Gasteiger partial charge is 0.261 e. The predicted octanol–water partition coefficient (Wildman–Crippen LogP) is 2.70. The van der Waals surface area contributed by atoms with Gasteiger partial charge in [0.1, 0.15) is 6.04 Å². The Morgan fingerprint density at radius 1 is 1.28 bits per heavy atom. The molecule has 1 aliphatic heterocycles. The largest absolute Gasteiger partial charge is 0.493 e. The van der Waals surface area contributed by atoms with Gasteiger partial charge in [-0.1, -0.05) is 17.3 Å². The average molecular weight is 343 g/mol. The van der Waals surface area contributed by atoms with Crippen molar-refractivity contribution in [2.24, 2.45) is 0 Å². The van der Waals surface area contributed by atoms with E-state index in [1.54, 1.807) is 24.1 Å². The minimum Gasteiger partial charge on any atom is -0.493 e. The first-order valence-corrected chi connectivity index (χ1v) is 8.65. The molecule has 1 saturated carbocycles. The van der Waals surface area contributed by atoms with Crippen molar-refractivity contribution in [1.29, 1.82) is 0 Å². The number of hydrogen-bond acceptors (Lipinski definition) is 6. The quantitative estimate of drug-likeness (QED) is 0.802. The monoisotopic (exact) mass is 343 g/mol. The molecule has 2 fully saturated rings. The van der Waals surface area contributed by atoms with Crippen LogP contribution in [0.4, 0.5) is 0 Å². The van der Waals surface area contributed by atoms with Crippen molar-refractivity contribution in [3.63, 3.8) is 0 Å². The SMILES string of the molecule is COc1ccccc1OCC(=O)N1CCCC1c1nc(C2CC2)no1. The van der Waals surface area contributed by atoms with E-state index in [9.17, 15) is 4.79 Å². The lowest BCUT2D eigenvalue weighted by atomic mass is 10.2. The number of likely N-dealkylation sites (tertiary alicyclic amines) is 1. The van der Waals surface area contributed by atoms with Gasteiger partial charge in [0.15, 0.2) is 23.9 Å². The third-order valence-electron chi connectivity index (χ3n) is 4.68. The van der Waals surface area contributed by atoms with E-state index in [1.807, 2.05) is 12.1 Å². The summed E-state index contributed by atoms with van der Waals surface area (Å²) in [6.07, 6.45) is 4.01. The normalized spacial score (nSPS) is 19.9. The summed E-state index contributed by atoms with van der Waals surface area (Å²) >= 11 is 0. The zero-order chi connectivity index (χ0) is 17.2. The van der Waals surface area contributed by atoms with Crippen molar-refractivity contribution in [1.82, 2.24) is 15.0 Å². The van der Waals surface area contributed by atoms with Gasteiger partial charge in [0.2, 0.25) is 5.89 Å². The fraction of sp³-hybridized carbons (Fsp3) is 0.500. The number of ether oxygens (including phenoxy) is 2. The molecule has 1 aliphatic carbocycles. The van der Waals surface area contributed by atoms with Gasteiger partial charge in [-0.3, -0.25) is 4.79 Å². The van der Waals surface area contributed by atoms with Crippen LogP contribution in [0.15, 0.2) is 28.8 Å². The molecule has 2 heterocycles.